The summed E-state index contributed by atoms with van der Waals surface area (Å²) in [5, 5.41) is 7.82. The first-order valence-electron chi connectivity index (χ1n) is 15.3. The number of aromatic nitrogens is 6. The van der Waals surface area contributed by atoms with Crippen LogP contribution < -0.4 is 0 Å². The van der Waals surface area contributed by atoms with E-state index in [1.165, 1.54) is 0 Å². The van der Waals surface area contributed by atoms with Crippen LogP contribution in [0.2, 0.25) is 0 Å². The van der Waals surface area contributed by atoms with Crippen LogP contribution in [0.25, 0.3) is 88.6 Å². The van der Waals surface area contributed by atoms with Crippen molar-refractivity contribution in [2.75, 3.05) is 0 Å². The van der Waals surface area contributed by atoms with Crippen molar-refractivity contribution >= 4 is 65.3 Å². The van der Waals surface area contributed by atoms with E-state index in [0.717, 1.165) is 70.9 Å². The van der Waals surface area contributed by atoms with Crippen LogP contribution in [0.4, 0.5) is 0 Å². The number of hydrogen-bond acceptors (Lipinski definition) is 4. The van der Waals surface area contributed by atoms with Gasteiger partial charge in [0.25, 0.3) is 0 Å². The average molecular weight is 589 g/mol. The molecule has 0 aliphatic heterocycles. The Morgan fingerprint density at radius 1 is 0.370 bits per heavy atom. The van der Waals surface area contributed by atoms with E-state index in [2.05, 4.69) is 143 Å². The monoisotopic (exact) mass is 588 g/mol. The molecule has 0 bridgehead atoms. The first-order valence-corrected chi connectivity index (χ1v) is 15.3. The zero-order valence-corrected chi connectivity index (χ0v) is 24.5. The second-order valence-corrected chi connectivity index (χ2v) is 11.5. The first-order chi connectivity index (χ1) is 22.8. The molecular formula is C40H24N6. The predicted octanol–water partition coefficient (Wildman–Crippen LogP) is 9.43. The molecule has 6 heteroatoms. The summed E-state index contributed by atoms with van der Waals surface area (Å²) in [4.78, 5) is 20.5. The van der Waals surface area contributed by atoms with Crippen LogP contribution in [0.1, 0.15) is 0 Å². The smallest absolute Gasteiger partial charge is 0.240 e. The van der Waals surface area contributed by atoms with Gasteiger partial charge in [0, 0.05) is 44.1 Å². The molecule has 0 saturated carbocycles. The Morgan fingerprint density at radius 3 is 1.41 bits per heavy atom. The van der Waals surface area contributed by atoms with Gasteiger partial charge in [-0.25, -0.2) is 0 Å². The summed E-state index contributed by atoms with van der Waals surface area (Å²) in [5.74, 6) is 1.73. The van der Waals surface area contributed by atoms with E-state index in [-0.39, 0.29) is 0 Å². The van der Waals surface area contributed by atoms with Gasteiger partial charge in [0.2, 0.25) is 11.9 Å². The van der Waals surface area contributed by atoms with Gasteiger partial charge < -0.3 is 0 Å². The van der Waals surface area contributed by atoms with E-state index < -0.39 is 0 Å². The molecule has 4 heterocycles. The second-order valence-electron chi connectivity index (χ2n) is 11.5. The van der Waals surface area contributed by atoms with E-state index >= 15 is 0 Å². The summed E-state index contributed by atoms with van der Waals surface area (Å²) < 4.78 is 4.32. The predicted molar refractivity (Wildman–Crippen MR) is 187 cm³/mol. The summed E-state index contributed by atoms with van der Waals surface area (Å²) in [6, 6.07) is 48.4. The summed E-state index contributed by atoms with van der Waals surface area (Å²) in [7, 11) is 0. The number of hydrogen-bond donors (Lipinski definition) is 0. The molecule has 0 aliphatic carbocycles. The van der Waals surface area contributed by atoms with Crippen LogP contribution in [-0.2, 0) is 0 Å². The number of fused-ring (bicyclic) bond motifs is 9. The van der Waals surface area contributed by atoms with Gasteiger partial charge in [-0.05, 0) is 35.7 Å². The zero-order valence-electron chi connectivity index (χ0n) is 24.5. The number of pyridine rings is 1. The lowest BCUT2D eigenvalue weighted by Crippen LogP contribution is -2.10. The van der Waals surface area contributed by atoms with E-state index in [1.54, 1.807) is 0 Å². The molecule has 0 aliphatic rings. The van der Waals surface area contributed by atoms with Crippen LogP contribution >= 0.6 is 0 Å². The van der Waals surface area contributed by atoms with E-state index in [1.807, 2.05) is 12.3 Å². The minimum absolute atomic E-state index is 0.565. The van der Waals surface area contributed by atoms with Gasteiger partial charge in [-0.15, -0.1) is 0 Å². The maximum Gasteiger partial charge on any atom is 0.240 e. The molecule has 46 heavy (non-hydrogen) atoms. The number of nitrogens with zero attached hydrogens (tertiary/aromatic N) is 6. The molecule has 4 aromatic heterocycles. The lowest BCUT2D eigenvalue weighted by Gasteiger charge is -2.14. The Hall–Kier alpha value is -6.40. The molecule has 0 amide bonds. The third-order valence-corrected chi connectivity index (χ3v) is 9.04. The number of benzene rings is 6. The summed E-state index contributed by atoms with van der Waals surface area (Å²) in [6.07, 6.45) is 1.85. The Balaban J connectivity index is 1.35. The van der Waals surface area contributed by atoms with Crippen LogP contribution in [0.5, 0.6) is 0 Å². The van der Waals surface area contributed by atoms with E-state index in [4.69, 9.17) is 19.9 Å². The van der Waals surface area contributed by atoms with Gasteiger partial charge in [0.1, 0.15) is 0 Å². The molecular weight excluding hydrogens is 564 g/mol. The quantitative estimate of drug-likeness (QED) is 0.193. The maximum absolute atomic E-state index is 5.27. The Morgan fingerprint density at radius 2 is 0.870 bits per heavy atom. The van der Waals surface area contributed by atoms with Gasteiger partial charge in [-0.2, -0.15) is 15.0 Å². The largest absolute Gasteiger partial charge is 0.278 e. The van der Waals surface area contributed by atoms with Crippen molar-refractivity contribution in [2.24, 2.45) is 0 Å². The van der Waals surface area contributed by atoms with Crippen molar-refractivity contribution in [3.8, 4) is 23.3 Å². The molecule has 0 unspecified atom stereocenters. The Kier molecular flexibility index (Phi) is 5.19. The van der Waals surface area contributed by atoms with E-state index in [0.29, 0.717) is 17.7 Å². The molecule has 0 spiro atoms. The topological polar surface area (TPSA) is 61.4 Å². The standard InChI is InChI=1S/C40H24N6/c1-5-18-33-27(12-1)28-13-2-6-19-34(28)45(33)39-42-38(32-17-9-16-31-26(32)23-22-25-11-10-24-41-37(25)31)43-40(44-39)46-35-20-7-3-14-29(35)30-15-4-8-21-36(30)46/h1-24H. The van der Waals surface area contributed by atoms with Gasteiger partial charge in [0.15, 0.2) is 5.82 Å². The summed E-state index contributed by atoms with van der Waals surface area (Å²) in [6.45, 7) is 0. The van der Waals surface area contributed by atoms with Crippen molar-refractivity contribution in [3.05, 3.63) is 146 Å². The average Bonchev–Trinajstić information content (AvgIpc) is 3.64. The minimum Gasteiger partial charge on any atom is -0.278 e. The molecule has 0 fully saturated rings. The van der Waals surface area contributed by atoms with Crippen LogP contribution in [0, 0.1) is 0 Å². The van der Waals surface area contributed by atoms with Crippen molar-refractivity contribution < 1.29 is 0 Å². The lowest BCUT2D eigenvalue weighted by molar-refractivity contribution is 0.893. The fourth-order valence-corrected chi connectivity index (χ4v) is 7.05. The highest BCUT2D eigenvalue weighted by Crippen LogP contribution is 2.36. The first kappa shape index (κ1) is 25.0. The molecule has 0 N–H and O–H groups in total. The summed E-state index contributed by atoms with van der Waals surface area (Å²) >= 11 is 0. The molecule has 0 saturated heterocycles. The van der Waals surface area contributed by atoms with Crippen molar-refractivity contribution in [1.82, 2.24) is 29.1 Å². The Bertz CT molecular complexity index is 2590. The molecule has 10 rings (SSSR count). The second kappa shape index (κ2) is 9.55. The fraction of sp³-hybridized carbons (Fsp3) is 0. The van der Waals surface area contributed by atoms with Crippen molar-refractivity contribution in [2.45, 2.75) is 0 Å². The number of rotatable bonds is 3. The van der Waals surface area contributed by atoms with Gasteiger partial charge in [0.05, 0.1) is 27.6 Å². The zero-order chi connectivity index (χ0) is 30.2. The normalized spacial score (nSPS) is 11.9. The van der Waals surface area contributed by atoms with Crippen molar-refractivity contribution in [1.29, 1.82) is 0 Å². The SMILES string of the molecule is c1cnc2c(c1)ccc1c(-c3nc(-n4c5ccccc5c5ccccc54)nc(-n4c5ccccc5c5ccccc54)n3)cccc12. The van der Waals surface area contributed by atoms with Crippen LogP contribution in [-0.4, -0.2) is 29.1 Å². The summed E-state index contributed by atoms with van der Waals surface area (Å²) in [5.41, 5.74) is 6.06. The fourth-order valence-electron chi connectivity index (χ4n) is 7.05. The molecule has 214 valence electrons. The molecule has 0 atom stereocenters. The molecule has 10 aromatic rings. The van der Waals surface area contributed by atoms with Gasteiger partial charge >= 0.3 is 0 Å². The number of para-hydroxylation sites is 4. The van der Waals surface area contributed by atoms with Crippen molar-refractivity contribution in [3.63, 3.8) is 0 Å². The van der Waals surface area contributed by atoms with E-state index in [9.17, 15) is 0 Å². The van der Waals surface area contributed by atoms with Crippen LogP contribution in [0.15, 0.2) is 146 Å². The molecule has 6 nitrogen and oxygen atoms in total. The molecule has 0 radical (unpaired) electrons. The highest BCUT2D eigenvalue weighted by molar-refractivity contribution is 6.11. The maximum atomic E-state index is 5.27. The highest BCUT2D eigenvalue weighted by atomic mass is 15.3. The lowest BCUT2D eigenvalue weighted by atomic mass is 10.0. The minimum atomic E-state index is 0.565. The van der Waals surface area contributed by atoms with Crippen LogP contribution in [0.3, 0.4) is 0 Å². The van der Waals surface area contributed by atoms with Gasteiger partial charge in [-0.3, -0.25) is 14.1 Å². The third-order valence-electron chi connectivity index (χ3n) is 9.04. The highest BCUT2D eigenvalue weighted by Gasteiger charge is 2.21. The third kappa shape index (κ3) is 3.52. The van der Waals surface area contributed by atoms with Gasteiger partial charge in [-0.1, -0.05) is 109 Å². The molecule has 6 aromatic carbocycles. The Labute approximate surface area is 262 Å².